The number of nitrogens with one attached hydrogen (secondary N) is 1. The molecular weight excluding hydrogens is 262 g/mol. The van der Waals surface area contributed by atoms with Crippen molar-refractivity contribution in [3.63, 3.8) is 0 Å². The zero-order valence-electron chi connectivity index (χ0n) is 11.2. The molecule has 1 aliphatic rings. The van der Waals surface area contributed by atoms with Gasteiger partial charge in [-0.25, -0.2) is 9.78 Å². The lowest BCUT2D eigenvalue weighted by Gasteiger charge is -2.21. The Morgan fingerprint density at radius 3 is 3.00 bits per heavy atom. The van der Waals surface area contributed by atoms with Crippen LogP contribution in [0.25, 0.3) is 0 Å². The number of carbonyl (C=O) groups is 2. The van der Waals surface area contributed by atoms with Gasteiger partial charge in [-0.3, -0.25) is 4.79 Å². The molecule has 1 amide bonds. The second kappa shape index (κ2) is 7.04. The smallest absolute Gasteiger partial charge is 0.356 e. The van der Waals surface area contributed by atoms with Crippen molar-refractivity contribution in [2.75, 3.05) is 13.2 Å². The number of amides is 1. The van der Waals surface area contributed by atoms with Crippen LogP contribution in [0.2, 0.25) is 0 Å². The van der Waals surface area contributed by atoms with Gasteiger partial charge in [0.25, 0.3) is 0 Å². The van der Waals surface area contributed by atoms with Crippen LogP contribution in [0.5, 0.6) is 0 Å². The number of hydrogen-bond donors (Lipinski definition) is 2. The standard InChI is InChI=1S/C13H19N3O4/c17-12(7-10-3-1-2-6-20-10)14-4-5-16-8-11(13(18)19)15-9-16/h8-10H,1-7H2,(H,14,17)(H,18,19). The SMILES string of the molecule is O=C(CC1CCCCO1)NCCn1cnc(C(=O)O)c1. The number of hydrogen-bond acceptors (Lipinski definition) is 4. The van der Waals surface area contributed by atoms with E-state index in [-0.39, 0.29) is 17.7 Å². The third kappa shape index (κ3) is 4.34. The van der Waals surface area contributed by atoms with E-state index in [4.69, 9.17) is 9.84 Å². The molecule has 0 saturated carbocycles. The molecule has 110 valence electrons. The third-order valence-corrected chi connectivity index (χ3v) is 3.23. The topological polar surface area (TPSA) is 93.5 Å². The lowest BCUT2D eigenvalue weighted by Crippen LogP contribution is -2.32. The summed E-state index contributed by atoms with van der Waals surface area (Å²) in [6.07, 6.45) is 6.45. The Morgan fingerprint density at radius 1 is 1.50 bits per heavy atom. The van der Waals surface area contributed by atoms with Crippen LogP contribution in [0.4, 0.5) is 0 Å². The number of aromatic nitrogens is 2. The molecule has 2 N–H and O–H groups in total. The first kappa shape index (κ1) is 14.5. The van der Waals surface area contributed by atoms with Crippen molar-refractivity contribution >= 4 is 11.9 Å². The van der Waals surface area contributed by atoms with Crippen LogP contribution < -0.4 is 5.32 Å². The second-order valence-corrected chi connectivity index (χ2v) is 4.84. The Labute approximate surface area is 116 Å². The summed E-state index contributed by atoms with van der Waals surface area (Å²) in [6.45, 7) is 1.68. The van der Waals surface area contributed by atoms with Crippen LogP contribution in [0, 0.1) is 0 Å². The molecule has 1 fully saturated rings. The Kier molecular flexibility index (Phi) is 5.11. The summed E-state index contributed by atoms with van der Waals surface area (Å²) in [5.74, 6) is -1.09. The van der Waals surface area contributed by atoms with E-state index in [1.165, 1.54) is 12.5 Å². The molecule has 0 aliphatic carbocycles. The molecule has 2 heterocycles. The van der Waals surface area contributed by atoms with E-state index in [0.29, 0.717) is 19.5 Å². The fourth-order valence-electron chi connectivity index (χ4n) is 2.16. The molecule has 2 rings (SSSR count). The van der Waals surface area contributed by atoms with Crippen LogP contribution in [0.3, 0.4) is 0 Å². The first-order chi connectivity index (χ1) is 9.65. The highest BCUT2D eigenvalue weighted by atomic mass is 16.5. The average Bonchev–Trinajstić information content (AvgIpc) is 2.89. The van der Waals surface area contributed by atoms with Crippen molar-refractivity contribution < 1.29 is 19.4 Å². The summed E-state index contributed by atoms with van der Waals surface area (Å²) in [7, 11) is 0. The van der Waals surface area contributed by atoms with Gasteiger partial charge < -0.3 is 19.7 Å². The van der Waals surface area contributed by atoms with Crippen LogP contribution >= 0.6 is 0 Å². The highest BCUT2D eigenvalue weighted by Crippen LogP contribution is 2.15. The molecule has 7 heteroatoms. The Morgan fingerprint density at radius 2 is 2.35 bits per heavy atom. The van der Waals surface area contributed by atoms with Gasteiger partial charge in [0, 0.05) is 25.9 Å². The van der Waals surface area contributed by atoms with E-state index in [1.54, 1.807) is 4.57 Å². The number of rotatable bonds is 6. The summed E-state index contributed by atoms with van der Waals surface area (Å²) in [6, 6.07) is 0. The fourth-order valence-corrected chi connectivity index (χ4v) is 2.16. The molecule has 1 aromatic heterocycles. The summed E-state index contributed by atoms with van der Waals surface area (Å²) in [5, 5.41) is 11.5. The second-order valence-electron chi connectivity index (χ2n) is 4.84. The molecule has 1 saturated heterocycles. The highest BCUT2D eigenvalue weighted by Gasteiger charge is 2.17. The minimum Gasteiger partial charge on any atom is -0.476 e. The van der Waals surface area contributed by atoms with Crippen molar-refractivity contribution in [3.05, 3.63) is 18.2 Å². The van der Waals surface area contributed by atoms with Crippen LogP contribution in [-0.4, -0.2) is 45.8 Å². The zero-order valence-corrected chi connectivity index (χ0v) is 11.2. The van der Waals surface area contributed by atoms with Crippen molar-refractivity contribution in [2.45, 2.75) is 38.3 Å². The van der Waals surface area contributed by atoms with Crippen LogP contribution in [0.1, 0.15) is 36.2 Å². The van der Waals surface area contributed by atoms with Gasteiger partial charge in [-0.2, -0.15) is 0 Å². The van der Waals surface area contributed by atoms with E-state index in [9.17, 15) is 9.59 Å². The molecule has 0 bridgehead atoms. The fraction of sp³-hybridized carbons (Fsp3) is 0.615. The molecule has 0 radical (unpaired) electrons. The maximum atomic E-state index is 11.7. The number of carboxylic acid groups (broad SMARTS) is 1. The maximum Gasteiger partial charge on any atom is 0.356 e. The van der Waals surface area contributed by atoms with Gasteiger partial charge in [0.15, 0.2) is 5.69 Å². The molecule has 1 unspecified atom stereocenters. The molecule has 7 nitrogen and oxygen atoms in total. The van der Waals surface area contributed by atoms with Crippen molar-refractivity contribution in [1.82, 2.24) is 14.9 Å². The average molecular weight is 281 g/mol. The normalized spacial score (nSPS) is 18.7. The Hall–Kier alpha value is -1.89. The van der Waals surface area contributed by atoms with Crippen molar-refractivity contribution in [2.24, 2.45) is 0 Å². The number of nitrogens with zero attached hydrogens (tertiary/aromatic N) is 2. The van der Waals surface area contributed by atoms with Crippen molar-refractivity contribution in [3.8, 4) is 0 Å². The van der Waals surface area contributed by atoms with E-state index in [0.717, 1.165) is 25.9 Å². The van der Waals surface area contributed by atoms with Gasteiger partial charge in [0.05, 0.1) is 18.9 Å². The summed E-state index contributed by atoms with van der Waals surface area (Å²) in [5.41, 5.74) is 0.00642. The Balaban J connectivity index is 1.66. The summed E-state index contributed by atoms with van der Waals surface area (Å²) >= 11 is 0. The predicted octanol–water partition coefficient (Wildman–Crippen LogP) is 0.657. The molecule has 1 aromatic rings. The van der Waals surface area contributed by atoms with Gasteiger partial charge >= 0.3 is 5.97 Å². The minimum absolute atomic E-state index is 0.00642. The van der Waals surface area contributed by atoms with Crippen molar-refractivity contribution in [1.29, 1.82) is 0 Å². The van der Waals surface area contributed by atoms with E-state index < -0.39 is 5.97 Å². The van der Waals surface area contributed by atoms with Gasteiger partial charge in [0.2, 0.25) is 5.91 Å². The minimum atomic E-state index is -1.05. The molecular formula is C13H19N3O4. The number of carbonyl (C=O) groups excluding carboxylic acids is 1. The molecule has 20 heavy (non-hydrogen) atoms. The van der Waals surface area contributed by atoms with E-state index in [2.05, 4.69) is 10.3 Å². The van der Waals surface area contributed by atoms with Gasteiger partial charge in [-0.1, -0.05) is 0 Å². The Bertz CT molecular complexity index is 466. The number of imidazole rings is 1. The monoisotopic (exact) mass is 281 g/mol. The first-order valence-corrected chi connectivity index (χ1v) is 6.78. The number of carboxylic acids is 1. The van der Waals surface area contributed by atoms with Gasteiger partial charge in [-0.15, -0.1) is 0 Å². The van der Waals surface area contributed by atoms with E-state index >= 15 is 0 Å². The molecule has 1 aliphatic heterocycles. The van der Waals surface area contributed by atoms with Crippen LogP contribution in [0.15, 0.2) is 12.5 Å². The lowest BCUT2D eigenvalue weighted by molar-refractivity contribution is -0.124. The maximum absolute atomic E-state index is 11.7. The lowest BCUT2D eigenvalue weighted by atomic mass is 10.1. The number of aromatic carboxylic acids is 1. The number of ether oxygens (including phenoxy) is 1. The molecule has 1 atom stereocenters. The first-order valence-electron chi connectivity index (χ1n) is 6.78. The largest absolute Gasteiger partial charge is 0.476 e. The molecule has 0 aromatic carbocycles. The molecule has 0 spiro atoms. The summed E-state index contributed by atoms with van der Waals surface area (Å²) in [4.78, 5) is 26.1. The van der Waals surface area contributed by atoms with Gasteiger partial charge in [0.1, 0.15) is 0 Å². The predicted molar refractivity (Wildman–Crippen MR) is 70.4 cm³/mol. The quantitative estimate of drug-likeness (QED) is 0.798. The third-order valence-electron chi connectivity index (χ3n) is 3.23. The summed E-state index contributed by atoms with van der Waals surface area (Å²) < 4.78 is 7.14. The zero-order chi connectivity index (χ0) is 14.4. The highest BCUT2D eigenvalue weighted by molar-refractivity contribution is 5.84. The van der Waals surface area contributed by atoms with E-state index in [1.807, 2.05) is 0 Å². The van der Waals surface area contributed by atoms with Crippen LogP contribution in [-0.2, 0) is 16.1 Å². The van der Waals surface area contributed by atoms with Gasteiger partial charge in [-0.05, 0) is 19.3 Å².